The van der Waals surface area contributed by atoms with E-state index in [-0.39, 0.29) is 24.4 Å². The number of nitrogens with one attached hydrogen (secondary N) is 1. The van der Waals surface area contributed by atoms with Crippen molar-refractivity contribution in [2.24, 2.45) is 5.92 Å². The molecule has 6 nitrogen and oxygen atoms in total. The maximum absolute atomic E-state index is 13.0. The van der Waals surface area contributed by atoms with E-state index >= 15 is 0 Å². The predicted molar refractivity (Wildman–Crippen MR) is 106 cm³/mol. The van der Waals surface area contributed by atoms with Crippen molar-refractivity contribution < 1.29 is 19.5 Å². The number of carboxylic acid groups (broad SMARTS) is 1. The van der Waals surface area contributed by atoms with Crippen molar-refractivity contribution in [1.82, 2.24) is 4.90 Å². The van der Waals surface area contributed by atoms with Gasteiger partial charge in [0.2, 0.25) is 0 Å². The summed E-state index contributed by atoms with van der Waals surface area (Å²) in [6.45, 7) is 4.00. The molecule has 1 heterocycles. The van der Waals surface area contributed by atoms with Crippen LogP contribution in [0.15, 0.2) is 48.5 Å². The van der Waals surface area contributed by atoms with E-state index in [1.165, 1.54) is 0 Å². The van der Waals surface area contributed by atoms with Gasteiger partial charge >= 0.3 is 5.97 Å². The quantitative estimate of drug-likeness (QED) is 0.849. The Balaban J connectivity index is 1.81. The highest BCUT2D eigenvalue weighted by Gasteiger charge is 2.33. The number of aliphatic carboxylic acids is 1. The number of hydrogen-bond donors (Lipinski definition) is 2. The summed E-state index contributed by atoms with van der Waals surface area (Å²) in [5, 5.41) is 12.2. The summed E-state index contributed by atoms with van der Waals surface area (Å²) in [5.74, 6) is -1.87. The maximum Gasteiger partial charge on any atom is 0.308 e. The zero-order chi connectivity index (χ0) is 20.3. The van der Waals surface area contributed by atoms with E-state index in [1.807, 2.05) is 19.9 Å². The van der Waals surface area contributed by atoms with Gasteiger partial charge in [0.15, 0.2) is 0 Å². The van der Waals surface area contributed by atoms with Crippen molar-refractivity contribution >= 4 is 23.5 Å². The average Bonchev–Trinajstić information content (AvgIpc) is 2.70. The van der Waals surface area contributed by atoms with Crippen molar-refractivity contribution in [3.63, 3.8) is 0 Å². The predicted octanol–water partition coefficient (Wildman–Crippen LogP) is 3.57. The third-order valence-electron chi connectivity index (χ3n) is 5.26. The first-order valence-corrected chi connectivity index (χ1v) is 9.37. The van der Waals surface area contributed by atoms with Crippen LogP contribution in [0.1, 0.15) is 46.0 Å². The van der Waals surface area contributed by atoms with Crippen LogP contribution in [0.2, 0.25) is 0 Å². The van der Waals surface area contributed by atoms with Crippen LogP contribution in [-0.2, 0) is 4.79 Å². The molecule has 0 aliphatic carbocycles. The van der Waals surface area contributed by atoms with Crippen molar-refractivity contribution in [2.75, 3.05) is 11.9 Å². The molecule has 1 aliphatic rings. The Hall–Kier alpha value is -3.15. The van der Waals surface area contributed by atoms with Gasteiger partial charge in [0.1, 0.15) is 0 Å². The molecule has 28 heavy (non-hydrogen) atoms. The molecule has 2 N–H and O–H groups in total. The molecule has 1 aliphatic heterocycles. The minimum atomic E-state index is -0.871. The minimum Gasteiger partial charge on any atom is -0.481 e. The third-order valence-corrected chi connectivity index (χ3v) is 5.26. The highest BCUT2D eigenvalue weighted by molar-refractivity contribution is 6.05. The molecule has 3 rings (SSSR count). The molecule has 0 spiro atoms. The lowest BCUT2D eigenvalue weighted by Gasteiger charge is -2.36. The number of rotatable bonds is 4. The molecular formula is C22H24N2O4. The number of likely N-dealkylation sites (tertiary alicyclic amines) is 1. The Labute approximate surface area is 164 Å². The van der Waals surface area contributed by atoms with E-state index < -0.39 is 11.9 Å². The summed E-state index contributed by atoms with van der Waals surface area (Å²) in [4.78, 5) is 38.4. The lowest BCUT2D eigenvalue weighted by Crippen LogP contribution is -2.47. The second kappa shape index (κ2) is 8.25. The summed E-state index contributed by atoms with van der Waals surface area (Å²) in [6.07, 6.45) is 1.23. The van der Waals surface area contributed by atoms with Gasteiger partial charge in [0.05, 0.1) is 5.92 Å². The first-order chi connectivity index (χ1) is 13.4. The van der Waals surface area contributed by atoms with E-state index in [0.29, 0.717) is 29.7 Å². The second-order valence-electron chi connectivity index (χ2n) is 7.27. The Kier molecular flexibility index (Phi) is 5.78. The highest BCUT2D eigenvalue weighted by atomic mass is 16.4. The number of piperidine rings is 1. The molecule has 6 heteroatoms. The van der Waals surface area contributed by atoms with Crippen LogP contribution in [0.5, 0.6) is 0 Å². The molecule has 2 atom stereocenters. The summed E-state index contributed by atoms with van der Waals surface area (Å²) >= 11 is 0. The number of amides is 2. The fraction of sp³-hybridized carbons (Fsp3) is 0.318. The number of aryl methyl sites for hydroxylation is 1. The van der Waals surface area contributed by atoms with Gasteiger partial charge in [-0.3, -0.25) is 14.4 Å². The Bertz CT molecular complexity index is 895. The second-order valence-corrected chi connectivity index (χ2v) is 7.27. The van der Waals surface area contributed by atoms with Crippen molar-refractivity contribution in [1.29, 1.82) is 0 Å². The Morgan fingerprint density at radius 1 is 1.04 bits per heavy atom. The van der Waals surface area contributed by atoms with E-state index in [1.54, 1.807) is 47.4 Å². The van der Waals surface area contributed by atoms with Gasteiger partial charge < -0.3 is 15.3 Å². The monoisotopic (exact) mass is 380 g/mol. The van der Waals surface area contributed by atoms with Crippen LogP contribution < -0.4 is 5.32 Å². The zero-order valence-corrected chi connectivity index (χ0v) is 16.0. The molecule has 2 aromatic carbocycles. The van der Waals surface area contributed by atoms with Crippen molar-refractivity contribution in [3.05, 3.63) is 65.2 Å². The lowest BCUT2D eigenvalue weighted by molar-refractivity contribution is -0.143. The van der Waals surface area contributed by atoms with E-state index in [4.69, 9.17) is 0 Å². The van der Waals surface area contributed by atoms with E-state index in [9.17, 15) is 19.5 Å². The summed E-state index contributed by atoms with van der Waals surface area (Å²) in [6, 6.07) is 14.0. The molecule has 0 saturated carbocycles. The molecule has 0 aromatic heterocycles. The van der Waals surface area contributed by atoms with Gasteiger partial charge in [0.25, 0.3) is 11.8 Å². The smallest absolute Gasteiger partial charge is 0.308 e. The van der Waals surface area contributed by atoms with Crippen LogP contribution in [0.25, 0.3) is 0 Å². The Morgan fingerprint density at radius 3 is 2.43 bits per heavy atom. The largest absolute Gasteiger partial charge is 0.481 e. The first kappa shape index (κ1) is 19.6. The van der Waals surface area contributed by atoms with Gasteiger partial charge in [-0.15, -0.1) is 0 Å². The van der Waals surface area contributed by atoms with Gasteiger partial charge in [-0.25, -0.2) is 0 Å². The molecule has 1 saturated heterocycles. The van der Waals surface area contributed by atoms with Crippen LogP contribution in [-0.4, -0.2) is 40.4 Å². The van der Waals surface area contributed by atoms with Gasteiger partial charge in [-0.2, -0.15) is 0 Å². The number of benzene rings is 2. The molecule has 0 bridgehead atoms. The van der Waals surface area contributed by atoms with Crippen molar-refractivity contribution in [3.8, 4) is 0 Å². The number of carbonyl (C=O) groups excluding carboxylic acids is 2. The number of carboxylic acids is 1. The average molecular weight is 380 g/mol. The van der Waals surface area contributed by atoms with Gasteiger partial charge in [0, 0.05) is 29.4 Å². The lowest BCUT2D eigenvalue weighted by atomic mass is 9.92. The summed E-state index contributed by atoms with van der Waals surface area (Å²) in [7, 11) is 0. The van der Waals surface area contributed by atoms with Crippen LogP contribution in [0, 0.1) is 12.8 Å². The first-order valence-electron chi connectivity index (χ1n) is 9.37. The normalized spacial score (nSPS) is 19.1. The van der Waals surface area contributed by atoms with E-state index in [0.717, 1.165) is 5.56 Å². The van der Waals surface area contributed by atoms with Crippen LogP contribution in [0.4, 0.5) is 5.69 Å². The molecule has 0 radical (unpaired) electrons. The Morgan fingerprint density at radius 2 is 1.75 bits per heavy atom. The van der Waals surface area contributed by atoms with Gasteiger partial charge in [-0.05, 0) is 56.5 Å². The van der Waals surface area contributed by atoms with Crippen molar-refractivity contribution in [2.45, 2.75) is 32.7 Å². The fourth-order valence-corrected chi connectivity index (χ4v) is 3.43. The van der Waals surface area contributed by atoms with Gasteiger partial charge in [-0.1, -0.05) is 24.3 Å². The highest BCUT2D eigenvalue weighted by Crippen LogP contribution is 2.26. The zero-order valence-electron chi connectivity index (χ0n) is 16.0. The number of nitrogens with zero attached hydrogens (tertiary/aromatic N) is 1. The van der Waals surface area contributed by atoms with E-state index in [2.05, 4.69) is 5.32 Å². The summed E-state index contributed by atoms with van der Waals surface area (Å²) < 4.78 is 0. The molecular weight excluding hydrogens is 356 g/mol. The topological polar surface area (TPSA) is 86.7 Å². The molecule has 2 unspecified atom stereocenters. The molecule has 2 amide bonds. The molecule has 2 aromatic rings. The molecule has 146 valence electrons. The number of carbonyl (C=O) groups is 3. The van der Waals surface area contributed by atoms with Crippen LogP contribution in [0.3, 0.4) is 0 Å². The third kappa shape index (κ3) is 4.22. The van der Waals surface area contributed by atoms with Crippen LogP contribution >= 0.6 is 0 Å². The SMILES string of the molecule is Cc1ccc(C(=O)N2CC(C(=O)O)CCC2C)cc1NC(=O)c1ccccc1. The number of hydrogen-bond acceptors (Lipinski definition) is 3. The molecule has 1 fully saturated rings. The fourth-order valence-electron chi connectivity index (χ4n) is 3.43. The minimum absolute atomic E-state index is 0.0215. The standard InChI is InChI=1S/C22H24N2O4/c1-14-8-10-17(12-19(14)23-20(25)16-6-4-3-5-7-16)21(26)24-13-18(22(27)28)11-9-15(24)2/h3-8,10,12,15,18H,9,11,13H2,1-2H3,(H,23,25)(H,27,28). The maximum atomic E-state index is 13.0. The summed E-state index contributed by atoms with van der Waals surface area (Å²) in [5.41, 5.74) is 2.38. The number of anilines is 1.